The lowest BCUT2D eigenvalue weighted by atomic mass is 10.0. The van der Waals surface area contributed by atoms with Gasteiger partial charge in [0.1, 0.15) is 12.1 Å². The molecule has 180 valence electrons. The molecule has 2 aromatic heterocycles. The first-order valence-electron chi connectivity index (χ1n) is 11.7. The molecule has 3 aromatic rings. The SMILES string of the molecule is Cc1ccsc1-c1ccc([C@H](C)NC(=O)[C@@H]2C[C@@H](O)CN2C(=O)[C@H](C(C)C)n2cccn2)cc1. The van der Waals surface area contributed by atoms with Crippen molar-refractivity contribution < 1.29 is 14.7 Å². The minimum atomic E-state index is -0.728. The van der Waals surface area contributed by atoms with Crippen LogP contribution in [0.4, 0.5) is 0 Å². The Morgan fingerprint density at radius 1 is 1.18 bits per heavy atom. The van der Waals surface area contributed by atoms with Gasteiger partial charge < -0.3 is 15.3 Å². The molecule has 2 amide bonds. The van der Waals surface area contributed by atoms with Crippen molar-refractivity contribution in [3.8, 4) is 10.4 Å². The van der Waals surface area contributed by atoms with Crippen LogP contribution >= 0.6 is 11.3 Å². The molecule has 1 aromatic carbocycles. The Balaban J connectivity index is 1.47. The fraction of sp³-hybridized carbons (Fsp3) is 0.423. The largest absolute Gasteiger partial charge is 0.391 e. The van der Waals surface area contributed by atoms with E-state index >= 15 is 0 Å². The van der Waals surface area contributed by atoms with E-state index in [0.717, 1.165) is 11.1 Å². The van der Waals surface area contributed by atoms with Gasteiger partial charge in [0.2, 0.25) is 11.8 Å². The van der Waals surface area contributed by atoms with Gasteiger partial charge in [0, 0.05) is 30.2 Å². The Morgan fingerprint density at radius 3 is 2.50 bits per heavy atom. The molecule has 4 atom stereocenters. The van der Waals surface area contributed by atoms with Gasteiger partial charge in [-0.05, 0) is 54.0 Å². The average Bonchev–Trinajstić information content (AvgIpc) is 3.55. The summed E-state index contributed by atoms with van der Waals surface area (Å²) in [6.07, 6.45) is 2.89. The summed E-state index contributed by atoms with van der Waals surface area (Å²) < 4.78 is 1.63. The Morgan fingerprint density at radius 2 is 1.91 bits per heavy atom. The topological polar surface area (TPSA) is 87.5 Å². The molecule has 7 nitrogen and oxygen atoms in total. The smallest absolute Gasteiger partial charge is 0.248 e. The number of aromatic nitrogens is 2. The highest BCUT2D eigenvalue weighted by Crippen LogP contribution is 2.30. The molecule has 1 fully saturated rings. The van der Waals surface area contributed by atoms with E-state index in [1.165, 1.54) is 15.3 Å². The van der Waals surface area contributed by atoms with Crippen molar-refractivity contribution in [1.29, 1.82) is 0 Å². The number of nitrogens with zero attached hydrogens (tertiary/aromatic N) is 3. The number of carbonyl (C=O) groups excluding carboxylic acids is 2. The number of β-amino-alcohol motifs (C(OH)–C–C–N with tert-alkyl or cyclic N) is 1. The van der Waals surface area contributed by atoms with Gasteiger partial charge in [0.25, 0.3) is 0 Å². The summed E-state index contributed by atoms with van der Waals surface area (Å²) in [5.74, 6) is -0.462. The molecule has 0 radical (unpaired) electrons. The van der Waals surface area contributed by atoms with Crippen LogP contribution in [-0.4, -0.2) is 50.3 Å². The molecular weight excluding hydrogens is 448 g/mol. The van der Waals surface area contributed by atoms with E-state index in [4.69, 9.17) is 0 Å². The first kappa shape index (κ1) is 24.2. The number of thiophene rings is 1. The summed E-state index contributed by atoms with van der Waals surface area (Å²) in [6.45, 7) is 8.08. The number of aryl methyl sites for hydroxylation is 1. The van der Waals surface area contributed by atoms with Gasteiger partial charge in [-0.2, -0.15) is 5.10 Å². The average molecular weight is 481 g/mol. The van der Waals surface area contributed by atoms with Gasteiger partial charge >= 0.3 is 0 Å². The molecule has 1 saturated heterocycles. The third kappa shape index (κ3) is 4.93. The van der Waals surface area contributed by atoms with Gasteiger partial charge in [-0.1, -0.05) is 38.1 Å². The van der Waals surface area contributed by atoms with Crippen LogP contribution in [-0.2, 0) is 9.59 Å². The lowest BCUT2D eigenvalue weighted by Gasteiger charge is -2.30. The van der Waals surface area contributed by atoms with Crippen molar-refractivity contribution in [3.05, 3.63) is 65.3 Å². The first-order chi connectivity index (χ1) is 16.3. The van der Waals surface area contributed by atoms with Gasteiger partial charge in [-0.15, -0.1) is 11.3 Å². The fourth-order valence-electron chi connectivity index (χ4n) is 4.61. The van der Waals surface area contributed by atoms with E-state index in [-0.39, 0.29) is 36.7 Å². The Hall–Kier alpha value is -2.97. The summed E-state index contributed by atoms with van der Waals surface area (Å²) in [5.41, 5.74) is 3.39. The molecule has 1 aliphatic heterocycles. The minimum absolute atomic E-state index is 0.0155. The first-order valence-corrected chi connectivity index (χ1v) is 12.6. The van der Waals surface area contributed by atoms with Gasteiger partial charge in [-0.25, -0.2) is 0 Å². The van der Waals surface area contributed by atoms with Crippen LogP contribution in [0.5, 0.6) is 0 Å². The lowest BCUT2D eigenvalue weighted by molar-refractivity contribution is -0.142. The Labute approximate surface area is 204 Å². The zero-order chi connectivity index (χ0) is 24.4. The molecule has 0 spiro atoms. The molecule has 0 saturated carbocycles. The third-order valence-electron chi connectivity index (χ3n) is 6.45. The maximum absolute atomic E-state index is 13.5. The predicted octanol–water partition coefficient (Wildman–Crippen LogP) is 3.96. The van der Waals surface area contributed by atoms with Gasteiger partial charge in [-0.3, -0.25) is 14.3 Å². The van der Waals surface area contributed by atoms with Crippen molar-refractivity contribution in [2.24, 2.45) is 5.92 Å². The second-order valence-corrected chi connectivity index (χ2v) is 10.3. The van der Waals surface area contributed by atoms with Crippen LogP contribution in [0.1, 0.15) is 50.4 Å². The van der Waals surface area contributed by atoms with E-state index in [0.29, 0.717) is 0 Å². The summed E-state index contributed by atoms with van der Waals surface area (Å²) >= 11 is 1.71. The van der Waals surface area contributed by atoms with E-state index in [9.17, 15) is 14.7 Å². The van der Waals surface area contributed by atoms with Gasteiger partial charge in [0.05, 0.1) is 12.1 Å². The summed E-state index contributed by atoms with van der Waals surface area (Å²) in [6, 6.07) is 10.6. The molecule has 0 unspecified atom stereocenters. The second-order valence-electron chi connectivity index (χ2n) is 9.36. The molecule has 4 rings (SSSR count). The van der Waals surface area contributed by atoms with Crippen LogP contribution in [0.2, 0.25) is 0 Å². The number of hydrogen-bond donors (Lipinski definition) is 2. The van der Waals surface area contributed by atoms with Crippen LogP contribution < -0.4 is 5.32 Å². The maximum Gasteiger partial charge on any atom is 0.248 e. The second kappa shape index (κ2) is 10.1. The van der Waals surface area contributed by atoms with E-state index < -0.39 is 18.2 Å². The van der Waals surface area contributed by atoms with Gasteiger partial charge in [0.15, 0.2) is 0 Å². The van der Waals surface area contributed by atoms with E-state index in [1.807, 2.05) is 32.9 Å². The van der Waals surface area contributed by atoms with Crippen molar-refractivity contribution >= 4 is 23.2 Å². The third-order valence-corrected chi connectivity index (χ3v) is 7.52. The zero-order valence-corrected chi connectivity index (χ0v) is 20.8. The number of aliphatic hydroxyl groups is 1. The molecule has 0 aliphatic carbocycles. The van der Waals surface area contributed by atoms with Crippen LogP contribution in [0, 0.1) is 12.8 Å². The highest BCUT2D eigenvalue weighted by Gasteiger charge is 2.42. The quantitative estimate of drug-likeness (QED) is 0.536. The Kier molecular flexibility index (Phi) is 7.19. The highest BCUT2D eigenvalue weighted by atomic mass is 32.1. The van der Waals surface area contributed by atoms with Crippen LogP contribution in [0.25, 0.3) is 10.4 Å². The summed E-state index contributed by atoms with van der Waals surface area (Å²) in [4.78, 5) is 29.4. The minimum Gasteiger partial charge on any atom is -0.391 e. The molecule has 8 heteroatoms. The number of benzene rings is 1. The normalized spacial score (nSPS) is 19.9. The standard InChI is InChI=1S/C26H32N4O3S/c1-16(2)23(30-12-5-11-27-30)26(33)29-15-21(31)14-22(29)25(32)28-18(4)19-6-8-20(9-7-19)24-17(3)10-13-34-24/h5-13,16,18,21-23,31H,14-15H2,1-4H3,(H,28,32)/t18-,21+,22-,23-/m0/s1. The molecule has 1 aliphatic rings. The lowest BCUT2D eigenvalue weighted by Crippen LogP contribution is -2.49. The molecule has 0 bridgehead atoms. The number of amides is 2. The summed E-state index contributed by atoms with van der Waals surface area (Å²) in [5, 5.41) is 19.7. The fourth-order valence-corrected chi connectivity index (χ4v) is 5.54. The van der Waals surface area contributed by atoms with Crippen LogP contribution in [0.3, 0.4) is 0 Å². The molecule has 3 heterocycles. The predicted molar refractivity (Wildman–Crippen MR) is 133 cm³/mol. The van der Waals surface area contributed by atoms with E-state index in [2.05, 4.69) is 40.9 Å². The van der Waals surface area contributed by atoms with Crippen molar-refractivity contribution in [1.82, 2.24) is 20.0 Å². The summed E-state index contributed by atoms with van der Waals surface area (Å²) in [7, 11) is 0. The number of nitrogens with one attached hydrogen (secondary N) is 1. The molecular formula is C26H32N4O3S. The number of rotatable bonds is 7. The van der Waals surface area contributed by atoms with E-state index in [1.54, 1.807) is 34.5 Å². The molecule has 34 heavy (non-hydrogen) atoms. The van der Waals surface area contributed by atoms with Crippen LogP contribution in [0.15, 0.2) is 54.2 Å². The molecule has 2 N–H and O–H groups in total. The zero-order valence-electron chi connectivity index (χ0n) is 20.0. The number of carbonyl (C=O) groups is 2. The number of aliphatic hydroxyl groups excluding tert-OH is 1. The Bertz CT molecular complexity index is 1120. The highest BCUT2D eigenvalue weighted by molar-refractivity contribution is 7.13. The van der Waals surface area contributed by atoms with Crippen molar-refractivity contribution in [3.63, 3.8) is 0 Å². The maximum atomic E-state index is 13.5. The number of likely N-dealkylation sites (tertiary alicyclic amines) is 1. The van der Waals surface area contributed by atoms with Crippen molar-refractivity contribution in [2.45, 2.75) is 58.3 Å². The monoisotopic (exact) mass is 480 g/mol. The number of hydrogen-bond acceptors (Lipinski definition) is 5. The van der Waals surface area contributed by atoms with Crippen molar-refractivity contribution in [2.75, 3.05) is 6.54 Å².